The third-order valence-corrected chi connectivity index (χ3v) is 5.02. The number of anilines is 1. The van der Waals surface area contributed by atoms with Crippen molar-refractivity contribution in [2.45, 2.75) is 38.1 Å². The lowest BCUT2D eigenvalue weighted by Gasteiger charge is -2.41. The van der Waals surface area contributed by atoms with Gasteiger partial charge in [-0.1, -0.05) is 43.5 Å². The molecule has 1 aromatic rings. The number of para-hydroxylation sites is 1. The van der Waals surface area contributed by atoms with Crippen LogP contribution in [0.25, 0.3) is 0 Å². The highest BCUT2D eigenvalue weighted by atomic mass is 35.5. The van der Waals surface area contributed by atoms with Crippen LogP contribution in [0.1, 0.15) is 32.6 Å². The smallest absolute Gasteiger partial charge is 0.196 e. The van der Waals surface area contributed by atoms with Crippen molar-refractivity contribution in [2.75, 3.05) is 11.4 Å². The highest BCUT2D eigenvalue weighted by Crippen LogP contribution is 2.47. The number of nitrogens with two attached hydrogens (primary N) is 1. The van der Waals surface area contributed by atoms with Gasteiger partial charge in [0.15, 0.2) is 5.96 Å². The van der Waals surface area contributed by atoms with Gasteiger partial charge in [-0.15, -0.1) is 0 Å². The molecule has 0 aromatic heterocycles. The second-order valence-corrected chi connectivity index (χ2v) is 5.97. The molecule has 2 atom stereocenters. The number of hydrogen-bond acceptors (Lipinski definition) is 3. The van der Waals surface area contributed by atoms with E-state index in [1.54, 1.807) is 0 Å². The molecule has 19 heavy (non-hydrogen) atoms. The van der Waals surface area contributed by atoms with E-state index in [0.29, 0.717) is 11.9 Å². The zero-order chi connectivity index (χ0) is 13.5. The molecular weight excluding hydrogens is 258 g/mol. The Morgan fingerprint density at radius 3 is 3.00 bits per heavy atom. The van der Waals surface area contributed by atoms with Crippen LogP contribution in [0.3, 0.4) is 0 Å². The van der Waals surface area contributed by atoms with Crippen LogP contribution in [-0.2, 0) is 0 Å². The lowest BCUT2D eigenvalue weighted by Crippen LogP contribution is -2.54. The molecule has 2 N–H and O–H groups in total. The normalized spacial score (nSPS) is 30.1. The minimum absolute atomic E-state index is 0.0594. The summed E-state index contributed by atoms with van der Waals surface area (Å²) in [5.41, 5.74) is 7.23. The zero-order valence-electron chi connectivity index (χ0n) is 11.3. The van der Waals surface area contributed by atoms with Crippen molar-refractivity contribution in [3.8, 4) is 0 Å². The van der Waals surface area contributed by atoms with E-state index < -0.39 is 0 Å². The van der Waals surface area contributed by atoms with E-state index in [0.717, 1.165) is 23.7 Å². The van der Waals surface area contributed by atoms with Gasteiger partial charge in [0.1, 0.15) is 0 Å². The third-order valence-electron chi connectivity index (χ3n) is 4.70. The number of aliphatic imine (C=N–C) groups is 1. The second-order valence-electron chi connectivity index (χ2n) is 5.56. The Bertz CT molecular complexity index is 514. The number of halogens is 1. The quantitative estimate of drug-likeness (QED) is 0.900. The lowest BCUT2D eigenvalue weighted by molar-refractivity contribution is 0.331. The molecule has 3 nitrogen and oxygen atoms in total. The summed E-state index contributed by atoms with van der Waals surface area (Å²) in [6.45, 7) is 3.07. The fourth-order valence-electron chi connectivity index (χ4n) is 3.80. The minimum Gasteiger partial charge on any atom is -0.369 e. The van der Waals surface area contributed by atoms with Crippen LogP contribution in [0.5, 0.6) is 0 Å². The monoisotopic (exact) mass is 277 g/mol. The molecule has 1 fully saturated rings. The van der Waals surface area contributed by atoms with Gasteiger partial charge < -0.3 is 10.6 Å². The van der Waals surface area contributed by atoms with Crippen molar-refractivity contribution < 1.29 is 0 Å². The highest BCUT2D eigenvalue weighted by Gasteiger charge is 2.51. The molecule has 0 radical (unpaired) electrons. The standard InChI is InChI=1S/C15H20ClN3/c1-2-11-6-5-9-15(11)10-18-14(17)19(15)13-8-4-3-7-12(13)16/h3-4,7-8,11H,2,5-6,9-10H2,1H3,(H2,17,18). The van der Waals surface area contributed by atoms with Gasteiger partial charge in [-0.25, -0.2) is 0 Å². The van der Waals surface area contributed by atoms with Crippen LogP contribution in [0, 0.1) is 5.92 Å². The van der Waals surface area contributed by atoms with E-state index in [4.69, 9.17) is 17.3 Å². The van der Waals surface area contributed by atoms with Gasteiger partial charge in [-0.3, -0.25) is 4.99 Å². The van der Waals surface area contributed by atoms with E-state index in [2.05, 4.69) is 16.8 Å². The van der Waals surface area contributed by atoms with Gasteiger partial charge in [0.25, 0.3) is 0 Å². The van der Waals surface area contributed by atoms with Gasteiger partial charge in [0.2, 0.25) is 0 Å². The van der Waals surface area contributed by atoms with Gasteiger partial charge in [0, 0.05) is 0 Å². The second kappa shape index (κ2) is 4.71. The van der Waals surface area contributed by atoms with E-state index in [1.165, 1.54) is 19.3 Å². The van der Waals surface area contributed by atoms with Crippen molar-refractivity contribution in [1.82, 2.24) is 0 Å². The molecule has 2 aliphatic rings. The van der Waals surface area contributed by atoms with Crippen LogP contribution < -0.4 is 10.6 Å². The maximum atomic E-state index is 6.37. The molecule has 1 aliphatic heterocycles. The minimum atomic E-state index is 0.0594. The largest absolute Gasteiger partial charge is 0.369 e. The number of benzene rings is 1. The lowest BCUT2D eigenvalue weighted by atomic mass is 9.84. The first-order chi connectivity index (χ1) is 9.19. The molecule has 4 heteroatoms. The van der Waals surface area contributed by atoms with Crippen molar-refractivity contribution >= 4 is 23.2 Å². The number of nitrogens with zero attached hydrogens (tertiary/aromatic N) is 2. The van der Waals surface area contributed by atoms with Crippen LogP contribution >= 0.6 is 11.6 Å². The first kappa shape index (κ1) is 12.8. The summed E-state index contributed by atoms with van der Waals surface area (Å²) in [6, 6.07) is 7.93. The molecule has 3 rings (SSSR count). The topological polar surface area (TPSA) is 41.6 Å². The van der Waals surface area contributed by atoms with Crippen molar-refractivity contribution in [3.05, 3.63) is 29.3 Å². The Morgan fingerprint density at radius 2 is 2.26 bits per heavy atom. The summed E-state index contributed by atoms with van der Waals surface area (Å²) in [5, 5.41) is 0.753. The Balaban J connectivity index is 2.06. The fourth-order valence-corrected chi connectivity index (χ4v) is 4.02. The Kier molecular flexibility index (Phi) is 3.17. The summed E-state index contributed by atoms with van der Waals surface area (Å²) in [6.07, 6.45) is 4.84. The van der Waals surface area contributed by atoms with Crippen LogP contribution in [0.15, 0.2) is 29.3 Å². The maximum absolute atomic E-state index is 6.37. The van der Waals surface area contributed by atoms with Crippen molar-refractivity contribution in [3.63, 3.8) is 0 Å². The predicted molar refractivity (Wildman–Crippen MR) is 80.8 cm³/mol. The number of rotatable bonds is 2. The summed E-state index contributed by atoms with van der Waals surface area (Å²) < 4.78 is 0. The summed E-state index contributed by atoms with van der Waals surface area (Å²) in [5.74, 6) is 1.27. The highest BCUT2D eigenvalue weighted by molar-refractivity contribution is 6.34. The van der Waals surface area contributed by atoms with Gasteiger partial charge in [-0.2, -0.15) is 0 Å². The number of guanidine groups is 1. The molecule has 1 aliphatic carbocycles. The average Bonchev–Trinajstić information content (AvgIpc) is 2.96. The molecule has 0 amide bonds. The van der Waals surface area contributed by atoms with E-state index >= 15 is 0 Å². The van der Waals surface area contributed by atoms with Crippen molar-refractivity contribution in [2.24, 2.45) is 16.6 Å². The van der Waals surface area contributed by atoms with Gasteiger partial charge in [-0.05, 0) is 30.9 Å². The molecule has 1 saturated carbocycles. The molecule has 102 valence electrons. The summed E-state index contributed by atoms with van der Waals surface area (Å²) >= 11 is 6.37. The Labute approximate surface area is 119 Å². The summed E-state index contributed by atoms with van der Waals surface area (Å²) in [7, 11) is 0. The van der Waals surface area contributed by atoms with Gasteiger partial charge in [0.05, 0.1) is 22.8 Å². The summed E-state index contributed by atoms with van der Waals surface area (Å²) in [4.78, 5) is 6.74. The zero-order valence-corrected chi connectivity index (χ0v) is 12.0. The molecule has 1 spiro atoms. The van der Waals surface area contributed by atoms with E-state index in [1.807, 2.05) is 24.3 Å². The van der Waals surface area contributed by atoms with Crippen LogP contribution in [0.2, 0.25) is 5.02 Å². The molecule has 1 aromatic carbocycles. The first-order valence-electron chi connectivity index (χ1n) is 7.04. The van der Waals surface area contributed by atoms with E-state index in [9.17, 15) is 0 Å². The van der Waals surface area contributed by atoms with E-state index in [-0.39, 0.29) is 5.54 Å². The Hall–Kier alpha value is -1.22. The maximum Gasteiger partial charge on any atom is 0.196 e. The molecule has 1 heterocycles. The van der Waals surface area contributed by atoms with Crippen LogP contribution in [-0.4, -0.2) is 18.0 Å². The first-order valence-corrected chi connectivity index (χ1v) is 7.41. The fraction of sp³-hybridized carbons (Fsp3) is 0.533. The van der Waals surface area contributed by atoms with Crippen LogP contribution in [0.4, 0.5) is 5.69 Å². The Morgan fingerprint density at radius 1 is 1.47 bits per heavy atom. The van der Waals surface area contributed by atoms with Crippen molar-refractivity contribution in [1.29, 1.82) is 0 Å². The average molecular weight is 278 g/mol. The van der Waals surface area contributed by atoms with Gasteiger partial charge >= 0.3 is 0 Å². The molecule has 2 unspecified atom stereocenters. The molecule has 0 bridgehead atoms. The number of hydrogen-bond donors (Lipinski definition) is 1. The molecular formula is C15H20ClN3. The predicted octanol–water partition coefficient (Wildman–Crippen LogP) is 3.42. The SMILES string of the molecule is CCC1CCCC12CN=C(N)N2c1ccccc1Cl. The third kappa shape index (κ3) is 1.83. The molecule has 0 saturated heterocycles.